The first kappa shape index (κ1) is 90.1. The van der Waals surface area contributed by atoms with E-state index in [9.17, 15) is 43.2 Å². The second-order valence-electron chi connectivity index (χ2n) is 26.3. The lowest BCUT2D eigenvalue weighted by molar-refractivity contribution is -0.161. The van der Waals surface area contributed by atoms with Crippen LogP contribution in [-0.4, -0.2) is 96.7 Å². The fourth-order valence-electron chi connectivity index (χ4n) is 11.2. The summed E-state index contributed by atoms with van der Waals surface area (Å²) >= 11 is 0. The highest BCUT2D eigenvalue weighted by atomic mass is 31.2. The quantitative estimate of drug-likeness (QED) is 0.0222. The van der Waals surface area contributed by atoms with E-state index in [0.717, 1.165) is 89.9 Å². The molecule has 0 aromatic carbocycles. The Hall–Kier alpha value is -1.94. The lowest BCUT2D eigenvalue weighted by atomic mass is 10.0. The molecule has 0 saturated carbocycles. The molecule has 0 radical (unpaired) electrons. The maximum Gasteiger partial charge on any atom is 0.472 e. The van der Waals surface area contributed by atoms with E-state index in [1.165, 1.54) is 218 Å². The van der Waals surface area contributed by atoms with Crippen molar-refractivity contribution in [2.75, 3.05) is 39.6 Å². The van der Waals surface area contributed by atoms with Gasteiger partial charge in [-0.3, -0.25) is 37.3 Å². The molecule has 92 heavy (non-hydrogen) atoms. The van der Waals surface area contributed by atoms with E-state index >= 15 is 0 Å². The molecule has 0 aliphatic carbocycles. The number of rotatable bonds is 74. The van der Waals surface area contributed by atoms with Crippen LogP contribution in [0, 0.1) is 0 Å². The van der Waals surface area contributed by atoms with Crippen molar-refractivity contribution in [3.63, 3.8) is 0 Å². The van der Waals surface area contributed by atoms with Gasteiger partial charge in [-0.25, -0.2) is 9.13 Å². The highest BCUT2D eigenvalue weighted by Crippen LogP contribution is 2.45. The van der Waals surface area contributed by atoms with Crippen LogP contribution in [0.1, 0.15) is 387 Å². The Morgan fingerprint density at radius 1 is 0.261 bits per heavy atom. The van der Waals surface area contributed by atoms with E-state index in [1.54, 1.807) is 0 Å². The predicted molar refractivity (Wildman–Crippen MR) is 372 cm³/mol. The summed E-state index contributed by atoms with van der Waals surface area (Å²) in [5.41, 5.74) is 0. The van der Waals surface area contributed by atoms with E-state index in [-0.39, 0.29) is 25.7 Å². The van der Waals surface area contributed by atoms with Gasteiger partial charge >= 0.3 is 39.5 Å². The summed E-state index contributed by atoms with van der Waals surface area (Å²) in [6.45, 7) is 4.95. The van der Waals surface area contributed by atoms with Gasteiger partial charge in [-0.2, -0.15) is 0 Å². The number of carbonyl (C=O) groups is 4. The fraction of sp³-hybridized carbons (Fsp3) is 0.945. The van der Waals surface area contributed by atoms with Gasteiger partial charge in [-0.1, -0.05) is 336 Å². The zero-order valence-electron chi connectivity index (χ0n) is 59.5. The van der Waals surface area contributed by atoms with Crippen molar-refractivity contribution in [1.82, 2.24) is 0 Å². The van der Waals surface area contributed by atoms with E-state index in [2.05, 4.69) is 27.7 Å². The van der Waals surface area contributed by atoms with Crippen molar-refractivity contribution in [2.24, 2.45) is 0 Å². The Morgan fingerprint density at radius 2 is 0.435 bits per heavy atom. The molecular weight excluding hydrogens is 1210 g/mol. The highest BCUT2D eigenvalue weighted by molar-refractivity contribution is 7.47. The summed E-state index contributed by atoms with van der Waals surface area (Å²) in [4.78, 5) is 72.6. The van der Waals surface area contributed by atoms with Crippen LogP contribution in [-0.2, 0) is 65.4 Å². The second-order valence-corrected chi connectivity index (χ2v) is 29.2. The van der Waals surface area contributed by atoms with Gasteiger partial charge in [-0.05, 0) is 25.7 Å². The summed E-state index contributed by atoms with van der Waals surface area (Å²) in [6, 6.07) is 0. The lowest BCUT2D eigenvalue weighted by Gasteiger charge is -2.21. The molecule has 0 bridgehead atoms. The van der Waals surface area contributed by atoms with Gasteiger partial charge in [0.15, 0.2) is 12.2 Å². The number of carbonyl (C=O) groups excluding carboxylic acids is 4. The number of phosphoric acid groups is 2. The second kappa shape index (κ2) is 67.6. The molecule has 0 aliphatic heterocycles. The molecule has 0 fully saturated rings. The lowest BCUT2D eigenvalue weighted by Crippen LogP contribution is -2.30. The topological polar surface area (TPSA) is 237 Å². The van der Waals surface area contributed by atoms with Crippen molar-refractivity contribution in [3.8, 4) is 0 Å². The molecule has 0 amide bonds. The molecule has 17 nitrogen and oxygen atoms in total. The average molecular weight is 1350 g/mol. The van der Waals surface area contributed by atoms with Crippen LogP contribution in [0.15, 0.2) is 0 Å². The number of ether oxygens (including phenoxy) is 4. The molecule has 2 unspecified atom stereocenters. The number of phosphoric ester groups is 2. The van der Waals surface area contributed by atoms with Crippen LogP contribution in [0.25, 0.3) is 0 Å². The van der Waals surface area contributed by atoms with Crippen LogP contribution < -0.4 is 0 Å². The van der Waals surface area contributed by atoms with Gasteiger partial charge in [0.1, 0.15) is 19.3 Å². The number of hydrogen-bond acceptors (Lipinski definition) is 15. The molecule has 19 heteroatoms. The first-order valence-corrected chi connectivity index (χ1v) is 41.3. The maximum atomic E-state index is 13.1. The zero-order chi connectivity index (χ0) is 67.5. The summed E-state index contributed by atoms with van der Waals surface area (Å²) < 4.78 is 68.4. The van der Waals surface area contributed by atoms with E-state index in [0.29, 0.717) is 25.7 Å². The third kappa shape index (κ3) is 66.7. The minimum Gasteiger partial charge on any atom is -0.462 e. The Kier molecular flexibility index (Phi) is 66.2. The number of aliphatic hydroxyl groups excluding tert-OH is 1. The van der Waals surface area contributed by atoms with Crippen LogP contribution in [0.3, 0.4) is 0 Å². The molecule has 0 aromatic rings. The fourth-order valence-corrected chi connectivity index (χ4v) is 12.8. The predicted octanol–water partition coefficient (Wildman–Crippen LogP) is 21.4. The Bertz CT molecular complexity index is 1760. The van der Waals surface area contributed by atoms with Crippen molar-refractivity contribution < 1.29 is 80.2 Å². The minimum absolute atomic E-state index is 0.108. The Morgan fingerprint density at radius 3 is 0.641 bits per heavy atom. The molecule has 3 N–H and O–H groups in total. The number of aliphatic hydroxyl groups is 1. The van der Waals surface area contributed by atoms with Gasteiger partial charge in [0.2, 0.25) is 0 Å². The van der Waals surface area contributed by atoms with Gasteiger partial charge < -0.3 is 33.8 Å². The third-order valence-corrected chi connectivity index (χ3v) is 19.0. The molecule has 0 aliphatic rings. The SMILES string of the molecule is CCCCCCCCCCCCCCCCCCCC(=O)O[C@H](COC(=O)CCCCCCCCCCCCCCCC)COP(=O)(O)OC[C@@H](O)COP(=O)(O)OC[C@@H](COC(=O)CCCCCCCCCC)OC(=O)CCCCCCCCCCCCCCC. The monoisotopic (exact) mass is 1350 g/mol. The Labute approximate surface area is 562 Å². The Balaban J connectivity index is 5.21. The molecule has 0 rings (SSSR count). The molecule has 0 saturated heterocycles. The molecule has 5 atom stereocenters. The summed E-state index contributed by atoms with van der Waals surface area (Å²) in [7, 11) is -9.90. The number of unbranched alkanes of at least 4 members (excludes halogenated alkanes) is 48. The van der Waals surface area contributed by atoms with Crippen molar-refractivity contribution in [2.45, 2.75) is 406 Å². The van der Waals surface area contributed by atoms with Gasteiger partial charge in [0.25, 0.3) is 0 Å². The smallest absolute Gasteiger partial charge is 0.462 e. The molecule has 0 aromatic heterocycles. The summed E-state index contributed by atoms with van der Waals surface area (Å²) in [6.07, 6.45) is 56.8. The van der Waals surface area contributed by atoms with Gasteiger partial charge in [0.05, 0.1) is 26.4 Å². The molecule has 0 heterocycles. The van der Waals surface area contributed by atoms with Crippen molar-refractivity contribution >= 4 is 39.5 Å². The van der Waals surface area contributed by atoms with E-state index < -0.39 is 97.5 Å². The zero-order valence-corrected chi connectivity index (χ0v) is 61.3. The first-order valence-electron chi connectivity index (χ1n) is 38.3. The third-order valence-electron chi connectivity index (χ3n) is 17.1. The highest BCUT2D eigenvalue weighted by Gasteiger charge is 2.30. The first-order chi connectivity index (χ1) is 44.7. The maximum absolute atomic E-state index is 13.1. The van der Waals surface area contributed by atoms with Crippen molar-refractivity contribution in [1.29, 1.82) is 0 Å². The standard InChI is InChI=1S/C73H142O17P2/c1-5-9-13-17-21-25-28-31-33-34-35-38-41-44-48-52-56-60-73(78)90-69(64-84-71(76)58-54-50-46-42-39-37-32-29-26-22-18-14-10-6-2)66-88-92(81,82)86-62-67(74)61-85-91(79,80)87-65-68(63-83-70(75)57-53-49-45-24-20-16-12-8-4)89-72(77)59-55-51-47-43-40-36-30-27-23-19-15-11-7-3/h67-69,74H,5-66H2,1-4H3,(H,79,80)(H,81,82)/t67-,68+,69+/m0/s1. The van der Waals surface area contributed by atoms with Gasteiger partial charge in [-0.15, -0.1) is 0 Å². The van der Waals surface area contributed by atoms with Crippen LogP contribution in [0.5, 0.6) is 0 Å². The van der Waals surface area contributed by atoms with Gasteiger partial charge in [0, 0.05) is 25.7 Å². The number of hydrogen-bond donors (Lipinski definition) is 3. The normalized spacial score (nSPS) is 13.9. The van der Waals surface area contributed by atoms with Crippen LogP contribution in [0.4, 0.5) is 0 Å². The largest absolute Gasteiger partial charge is 0.472 e. The molecule has 546 valence electrons. The minimum atomic E-state index is -4.95. The van der Waals surface area contributed by atoms with E-state index in [1.807, 2.05) is 0 Å². The van der Waals surface area contributed by atoms with Crippen LogP contribution in [0.2, 0.25) is 0 Å². The van der Waals surface area contributed by atoms with Crippen LogP contribution >= 0.6 is 15.6 Å². The van der Waals surface area contributed by atoms with E-state index in [4.69, 9.17) is 37.0 Å². The van der Waals surface area contributed by atoms with Crippen molar-refractivity contribution in [3.05, 3.63) is 0 Å². The summed E-state index contributed by atoms with van der Waals surface area (Å²) in [5.74, 6) is -2.12. The summed E-state index contributed by atoms with van der Waals surface area (Å²) in [5, 5.41) is 10.6. The molecular formula is C73H142O17P2. The number of esters is 4. The average Bonchev–Trinajstić information content (AvgIpc) is 3.11. The molecule has 0 spiro atoms.